The van der Waals surface area contributed by atoms with Gasteiger partial charge in [0.2, 0.25) is 0 Å². The molecule has 23 heavy (non-hydrogen) atoms. The van der Waals surface area contributed by atoms with Gasteiger partial charge in [0.05, 0.1) is 4.88 Å². The summed E-state index contributed by atoms with van der Waals surface area (Å²) in [6.07, 6.45) is 2.44. The second kappa shape index (κ2) is 6.04. The summed E-state index contributed by atoms with van der Waals surface area (Å²) in [5.74, 6) is 0.749. The van der Waals surface area contributed by atoms with Gasteiger partial charge in [-0.3, -0.25) is 9.69 Å². The van der Waals surface area contributed by atoms with E-state index in [4.69, 9.17) is 0 Å². The van der Waals surface area contributed by atoms with E-state index in [1.54, 1.807) is 22.7 Å². The van der Waals surface area contributed by atoms with Crippen LogP contribution in [-0.4, -0.2) is 36.0 Å². The molecule has 0 aliphatic carbocycles. The quantitative estimate of drug-likeness (QED) is 0.911. The average molecular weight is 347 g/mol. The summed E-state index contributed by atoms with van der Waals surface area (Å²) >= 11 is 3.39. The SMILES string of the molecule is Cc1ccc(-c2ccc(C(=O)N[C@@H]3C4CCN(CC4)[C@H]3C)s2)s1. The lowest BCUT2D eigenvalue weighted by atomic mass is 9.79. The molecule has 5 rings (SSSR count). The van der Waals surface area contributed by atoms with Gasteiger partial charge in [-0.15, -0.1) is 22.7 Å². The molecule has 2 aromatic heterocycles. The molecule has 122 valence electrons. The highest BCUT2D eigenvalue weighted by atomic mass is 32.1. The van der Waals surface area contributed by atoms with Crippen LogP contribution >= 0.6 is 22.7 Å². The first kappa shape index (κ1) is 15.4. The van der Waals surface area contributed by atoms with E-state index in [9.17, 15) is 4.79 Å². The molecular weight excluding hydrogens is 324 g/mol. The highest BCUT2D eigenvalue weighted by molar-refractivity contribution is 7.23. The molecule has 3 aliphatic rings. The lowest BCUT2D eigenvalue weighted by Crippen LogP contribution is -2.62. The second-order valence-corrected chi connectivity index (χ2v) is 9.06. The zero-order valence-corrected chi connectivity index (χ0v) is 15.2. The van der Waals surface area contributed by atoms with Crippen molar-refractivity contribution in [2.24, 2.45) is 5.92 Å². The van der Waals surface area contributed by atoms with Crippen LogP contribution in [0.25, 0.3) is 9.75 Å². The van der Waals surface area contributed by atoms with E-state index in [-0.39, 0.29) is 5.91 Å². The van der Waals surface area contributed by atoms with Gasteiger partial charge in [0.15, 0.2) is 0 Å². The molecule has 1 N–H and O–H groups in total. The van der Waals surface area contributed by atoms with Crippen LogP contribution in [0.3, 0.4) is 0 Å². The largest absolute Gasteiger partial charge is 0.347 e. The van der Waals surface area contributed by atoms with Crippen molar-refractivity contribution in [3.63, 3.8) is 0 Å². The molecule has 5 heterocycles. The maximum Gasteiger partial charge on any atom is 0.261 e. The van der Waals surface area contributed by atoms with Gasteiger partial charge in [-0.05, 0) is 70.0 Å². The number of amides is 1. The summed E-state index contributed by atoms with van der Waals surface area (Å²) in [7, 11) is 0. The number of aryl methyl sites for hydroxylation is 1. The Morgan fingerprint density at radius 2 is 1.83 bits per heavy atom. The third kappa shape index (κ3) is 2.86. The molecule has 3 fully saturated rings. The molecule has 0 aromatic carbocycles. The van der Waals surface area contributed by atoms with Gasteiger partial charge in [-0.1, -0.05) is 0 Å². The molecular formula is C18H22N2OS2. The predicted octanol–water partition coefficient (Wildman–Crippen LogP) is 4.00. The van der Waals surface area contributed by atoms with Crippen LogP contribution in [0.2, 0.25) is 0 Å². The molecule has 2 aromatic rings. The normalized spacial score (nSPS) is 29.7. The molecule has 3 aliphatic heterocycles. The van der Waals surface area contributed by atoms with Crippen molar-refractivity contribution in [2.75, 3.05) is 13.1 Å². The van der Waals surface area contributed by atoms with Crippen LogP contribution in [0.5, 0.6) is 0 Å². The maximum atomic E-state index is 12.7. The predicted molar refractivity (Wildman–Crippen MR) is 97.4 cm³/mol. The first-order valence-electron chi connectivity index (χ1n) is 8.33. The third-order valence-corrected chi connectivity index (χ3v) is 7.57. The Balaban J connectivity index is 1.48. The van der Waals surface area contributed by atoms with E-state index in [0.717, 1.165) is 4.88 Å². The molecule has 3 nitrogen and oxygen atoms in total. The first-order valence-corrected chi connectivity index (χ1v) is 9.96. The van der Waals surface area contributed by atoms with Crippen molar-refractivity contribution in [2.45, 2.75) is 38.8 Å². The van der Waals surface area contributed by atoms with Gasteiger partial charge in [0.1, 0.15) is 0 Å². The monoisotopic (exact) mass is 346 g/mol. The van der Waals surface area contributed by atoms with Gasteiger partial charge >= 0.3 is 0 Å². The second-order valence-electron chi connectivity index (χ2n) is 6.69. The van der Waals surface area contributed by atoms with E-state index in [1.165, 1.54) is 40.6 Å². The molecule has 5 heteroatoms. The zero-order valence-electron chi connectivity index (χ0n) is 13.5. The molecule has 2 bridgehead atoms. The summed E-state index contributed by atoms with van der Waals surface area (Å²) in [4.78, 5) is 19.8. The highest BCUT2D eigenvalue weighted by Crippen LogP contribution is 2.35. The minimum atomic E-state index is 0.0973. The Morgan fingerprint density at radius 1 is 1.13 bits per heavy atom. The summed E-state index contributed by atoms with van der Waals surface area (Å²) in [6, 6.07) is 9.09. The Morgan fingerprint density at radius 3 is 2.48 bits per heavy atom. The topological polar surface area (TPSA) is 32.3 Å². The van der Waals surface area contributed by atoms with Crippen LogP contribution in [-0.2, 0) is 0 Å². The van der Waals surface area contributed by atoms with E-state index in [0.29, 0.717) is 18.0 Å². The lowest BCUT2D eigenvalue weighted by molar-refractivity contribution is 0.0218. The van der Waals surface area contributed by atoms with Gasteiger partial charge in [-0.25, -0.2) is 0 Å². The number of rotatable bonds is 3. The number of hydrogen-bond acceptors (Lipinski definition) is 4. The van der Waals surface area contributed by atoms with E-state index < -0.39 is 0 Å². The number of nitrogens with zero attached hydrogens (tertiary/aromatic N) is 1. The Labute approximate surface area is 145 Å². The average Bonchev–Trinajstić information content (AvgIpc) is 3.20. The van der Waals surface area contributed by atoms with Gasteiger partial charge in [-0.2, -0.15) is 0 Å². The number of thiophene rings is 2. The van der Waals surface area contributed by atoms with Crippen molar-refractivity contribution in [3.05, 3.63) is 34.0 Å². The highest BCUT2D eigenvalue weighted by Gasteiger charge is 2.40. The summed E-state index contributed by atoms with van der Waals surface area (Å²) in [6.45, 7) is 6.76. The van der Waals surface area contributed by atoms with Crippen LogP contribution in [0, 0.1) is 12.8 Å². The van der Waals surface area contributed by atoms with E-state index in [1.807, 2.05) is 6.07 Å². The number of fused-ring (bicyclic) bond motifs is 3. The summed E-state index contributed by atoms with van der Waals surface area (Å²) in [5, 5.41) is 3.32. The van der Waals surface area contributed by atoms with Crippen LogP contribution in [0.1, 0.15) is 34.3 Å². The standard InChI is InChI=1S/C18H22N2OS2/c1-11-3-4-14(22-11)15-5-6-16(23-15)18(21)19-17-12(2)20-9-7-13(17)8-10-20/h3-6,12-13,17H,7-10H2,1-2H3,(H,19,21)/t12-,17-/m0/s1. The van der Waals surface area contributed by atoms with Crippen molar-refractivity contribution >= 4 is 28.6 Å². The molecule has 0 saturated carbocycles. The molecule has 0 radical (unpaired) electrons. The smallest absolute Gasteiger partial charge is 0.261 e. The number of nitrogens with one attached hydrogen (secondary N) is 1. The fourth-order valence-corrected chi connectivity index (χ4v) is 5.79. The van der Waals surface area contributed by atoms with Gasteiger partial charge < -0.3 is 5.32 Å². The van der Waals surface area contributed by atoms with Crippen LogP contribution < -0.4 is 5.32 Å². The van der Waals surface area contributed by atoms with Gasteiger partial charge in [0, 0.05) is 26.7 Å². The van der Waals surface area contributed by atoms with Crippen molar-refractivity contribution in [1.29, 1.82) is 0 Å². The maximum absolute atomic E-state index is 12.7. The fraction of sp³-hybridized carbons (Fsp3) is 0.500. The number of carbonyl (C=O) groups is 1. The molecule has 0 spiro atoms. The van der Waals surface area contributed by atoms with Crippen molar-refractivity contribution in [3.8, 4) is 9.75 Å². The minimum absolute atomic E-state index is 0.0973. The minimum Gasteiger partial charge on any atom is -0.347 e. The van der Waals surface area contributed by atoms with E-state index in [2.05, 4.69) is 42.3 Å². The number of hydrogen-bond donors (Lipinski definition) is 1. The number of carbonyl (C=O) groups excluding carboxylic acids is 1. The molecule has 0 unspecified atom stereocenters. The number of piperidine rings is 3. The summed E-state index contributed by atoms with van der Waals surface area (Å²) in [5.41, 5.74) is 0. The molecule has 1 amide bonds. The van der Waals surface area contributed by atoms with E-state index >= 15 is 0 Å². The van der Waals surface area contributed by atoms with Crippen LogP contribution in [0.4, 0.5) is 0 Å². The Hall–Kier alpha value is -1.17. The van der Waals surface area contributed by atoms with Crippen molar-refractivity contribution < 1.29 is 4.79 Å². The van der Waals surface area contributed by atoms with Crippen molar-refractivity contribution in [1.82, 2.24) is 10.2 Å². The van der Waals surface area contributed by atoms with Crippen LogP contribution in [0.15, 0.2) is 24.3 Å². The zero-order chi connectivity index (χ0) is 16.0. The third-order valence-electron chi connectivity index (χ3n) is 5.29. The lowest BCUT2D eigenvalue weighted by Gasteiger charge is -2.49. The Kier molecular flexibility index (Phi) is 4.03. The molecule has 2 atom stereocenters. The molecule has 3 saturated heterocycles. The fourth-order valence-electron chi connectivity index (χ4n) is 3.93. The summed E-state index contributed by atoms with van der Waals surface area (Å²) < 4.78 is 0. The first-order chi connectivity index (χ1) is 11.1. The Bertz CT molecular complexity index is 710. The van der Waals surface area contributed by atoms with Gasteiger partial charge in [0.25, 0.3) is 5.91 Å².